The highest BCUT2D eigenvalue weighted by molar-refractivity contribution is 6.51. The molecule has 0 radical (unpaired) electrons. The first-order valence-electron chi connectivity index (χ1n) is 9.85. The second-order valence-corrected chi connectivity index (χ2v) is 7.48. The number of para-hydroxylation sites is 1. The lowest BCUT2D eigenvalue weighted by molar-refractivity contribution is -0.137. The Morgan fingerprint density at radius 2 is 1.73 bits per heavy atom. The number of rotatable bonds is 3. The lowest BCUT2D eigenvalue weighted by Crippen LogP contribution is -2.29. The van der Waals surface area contributed by atoms with E-state index in [0.29, 0.717) is 16.5 Å². The van der Waals surface area contributed by atoms with Crippen molar-refractivity contribution in [3.8, 4) is 0 Å². The maximum Gasteiger partial charge on any atom is 0.416 e. The van der Waals surface area contributed by atoms with Crippen LogP contribution in [0.4, 0.5) is 18.9 Å². The zero-order valence-electron chi connectivity index (χ0n) is 16.8. The Morgan fingerprint density at radius 1 is 1.00 bits per heavy atom. The Bertz CT molecular complexity index is 1400. The first kappa shape index (κ1) is 20.6. The molecule has 1 aliphatic rings. The van der Waals surface area contributed by atoms with E-state index < -0.39 is 35.2 Å². The van der Waals surface area contributed by atoms with Crippen molar-refractivity contribution in [2.24, 2.45) is 0 Å². The van der Waals surface area contributed by atoms with Crippen molar-refractivity contribution in [2.75, 3.05) is 4.90 Å². The molecule has 0 bridgehead atoms. The van der Waals surface area contributed by atoms with Crippen molar-refractivity contribution in [3.05, 3.63) is 95.6 Å². The Kier molecular flexibility index (Phi) is 4.63. The fourth-order valence-corrected chi connectivity index (χ4v) is 4.04. The van der Waals surface area contributed by atoms with Gasteiger partial charge >= 0.3 is 6.18 Å². The van der Waals surface area contributed by atoms with E-state index in [4.69, 9.17) is 4.42 Å². The van der Waals surface area contributed by atoms with Gasteiger partial charge < -0.3 is 14.5 Å². The van der Waals surface area contributed by atoms with Crippen molar-refractivity contribution >= 4 is 34.0 Å². The maximum absolute atomic E-state index is 13.1. The predicted molar refractivity (Wildman–Crippen MR) is 113 cm³/mol. The summed E-state index contributed by atoms with van der Waals surface area (Å²) >= 11 is 0. The highest BCUT2D eigenvalue weighted by Gasteiger charge is 2.48. The molecule has 1 unspecified atom stereocenters. The summed E-state index contributed by atoms with van der Waals surface area (Å²) in [5.74, 6) is -2.20. The summed E-state index contributed by atoms with van der Waals surface area (Å²) in [5, 5.41) is 11.8. The fourth-order valence-electron chi connectivity index (χ4n) is 4.04. The molecule has 1 atom stereocenters. The minimum Gasteiger partial charge on any atom is -0.507 e. The van der Waals surface area contributed by atoms with E-state index in [2.05, 4.69) is 4.98 Å². The second kappa shape index (κ2) is 7.40. The third-order valence-corrected chi connectivity index (χ3v) is 5.57. The number of carbonyl (C=O) groups is 2. The quantitative estimate of drug-likeness (QED) is 0.247. The van der Waals surface area contributed by atoms with Gasteiger partial charge in [-0.1, -0.05) is 18.2 Å². The molecule has 33 heavy (non-hydrogen) atoms. The molecule has 1 amide bonds. The van der Waals surface area contributed by atoms with Crippen LogP contribution in [-0.4, -0.2) is 21.8 Å². The minimum atomic E-state index is -4.55. The summed E-state index contributed by atoms with van der Waals surface area (Å²) in [7, 11) is 0. The normalized spacial score (nSPS) is 18.4. The predicted octanol–water partition coefficient (Wildman–Crippen LogP) is 5.41. The number of amides is 1. The molecule has 5 rings (SSSR count). The second-order valence-electron chi connectivity index (χ2n) is 7.48. The summed E-state index contributed by atoms with van der Waals surface area (Å²) in [6, 6.07) is 12.9. The number of carbonyl (C=O) groups excluding carboxylic acids is 2. The van der Waals surface area contributed by atoms with E-state index in [1.165, 1.54) is 18.5 Å². The van der Waals surface area contributed by atoms with Crippen LogP contribution in [-0.2, 0) is 15.8 Å². The monoisotopic (exact) mass is 452 g/mol. The molecule has 4 aromatic rings. The molecule has 3 heterocycles. The molecular weight excluding hydrogens is 437 g/mol. The summed E-state index contributed by atoms with van der Waals surface area (Å²) in [6.45, 7) is 0. The molecule has 2 N–H and O–H groups in total. The van der Waals surface area contributed by atoms with Gasteiger partial charge in [-0.2, -0.15) is 13.2 Å². The van der Waals surface area contributed by atoms with Crippen LogP contribution in [0.15, 0.2) is 83.1 Å². The highest BCUT2D eigenvalue weighted by atomic mass is 19.4. The molecule has 1 fully saturated rings. The van der Waals surface area contributed by atoms with E-state index in [1.807, 2.05) is 0 Å². The average molecular weight is 452 g/mol. The van der Waals surface area contributed by atoms with Crippen molar-refractivity contribution in [2.45, 2.75) is 12.2 Å². The van der Waals surface area contributed by atoms with E-state index in [1.54, 1.807) is 30.3 Å². The number of halogens is 3. The summed E-state index contributed by atoms with van der Waals surface area (Å²) in [5.41, 5.74) is -0.0293. The Morgan fingerprint density at radius 3 is 2.39 bits per heavy atom. The lowest BCUT2D eigenvalue weighted by atomic mass is 9.99. The van der Waals surface area contributed by atoms with E-state index >= 15 is 0 Å². The Labute approximate surface area is 184 Å². The average Bonchev–Trinajstić information content (AvgIpc) is 3.52. The minimum absolute atomic E-state index is 0.0597. The Balaban J connectivity index is 1.68. The number of hydrogen-bond acceptors (Lipinski definition) is 4. The number of furan rings is 1. The van der Waals surface area contributed by atoms with Gasteiger partial charge in [0.05, 0.1) is 17.4 Å². The van der Waals surface area contributed by atoms with Crippen molar-refractivity contribution in [3.63, 3.8) is 0 Å². The van der Waals surface area contributed by atoms with Gasteiger partial charge in [-0.25, -0.2) is 0 Å². The number of aromatic nitrogens is 1. The van der Waals surface area contributed by atoms with Crippen LogP contribution < -0.4 is 4.90 Å². The van der Waals surface area contributed by atoms with Crippen LogP contribution in [0.5, 0.6) is 0 Å². The number of anilines is 1. The van der Waals surface area contributed by atoms with E-state index in [9.17, 15) is 27.9 Å². The topological polar surface area (TPSA) is 86.5 Å². The van der Waals surface area contributed by atoms with E-state index in [0.717, 1.165) is 29.2 Å². The molecule has 2 aromatic carbocycles. The van der Waals surface area contributed by atoms with Crippen LogP contribution in [0.1, 0.15) is 22.9 Å². The number of aliphatic hydroxyl groups excluding tert-OH is 1. The Hall–Kier alpha value is -4.27. The van der Waals surface area contributed by atoms with Gasteiger partial charge in [0.25, 0.3) is 11.7 Å². The van der Waals surface area contributed by atoms with Gasteiger partial charge in [-0.3, -0.25) is 14.5 Å². The molecule has 1 aliphatic heterocycles. The van der Waals surface area contributed by atoms with Gasteiger partial charge in [-0.05, 0) is 42.5 Å². The van der Waals surface area contributed by atoms with Gasteiger partial charge in [0.15, 0.2) is 0 Å². The number of alkyl halides is 3. The number of benzene rings is 2. The SMILES string of the molecule is O=C1C(=O)N(c2ccc(C(F)(F)F)cc2)C(c2ccco2)/C1=C(/O)c1c[nH]c2ccccc12. The zero-order chi connectivity index (χ0) is 23.3. The number of hydrogen-bond donors (Lipinski definition) is 2. The van der Waals surface area contributed by atoms with Crippen LogP contribution in [0.2, 0.25) is 0 Å². The van der Waals surface area contributed by atoms with Gasteiger partial charge in [0, 0.05) is 28.4 Å². The number of H-pyrrole nitrogens is 1. The lowest BCUT2D eigenvalue weighted by Gasteiger charge is -2.23. The molecular formula is C24H15F3N2O4. The number of fused-ring (bicyclic) bond motifs is 1. The number of ketones is 1. The van der Waals surface area contributed by atoms with Crippen LogP contribution in [0, 0.1) is 0 Å². The number of aromatic amines is 1. The molecule has 0 aliphatic carbocycles. The summed E-state index contributed by atoms with van der Waals surface area (Å²) < 4.78 is 44.4. The molecule has 2 aromatic heterocycles. The summed E-state index contributed by atoms with van der Waals surface area (Å²) in [4.78, 5) is 30.1. The fraction of sp³-hybridized carbons (Fsp3) is 0.0833. The third-order valence-electron chi connectivity index (χ3n) is 5.57. The molecule has 9 heteroatoms. The molecule has 166 valence electrons. The van der Waals surface area contributed by atoms with Crippen molar-refractivity contribution in [1.82, 2.24) is 4.98 Å². The van der Waals surface area contributed by atoms with Crippen LogP contribution >= 0.6 is 0 Å². The maximum atomic E-state index is 13.1. The van der Waals surface area contributed by atoms with Crippen molar-refractivity contribution < 1.29 is 32.3 Å². The van der Waals surface area contributed by atoms with Gasteiger partial charge in [0.1, 0.15) is 17.6 Å². The van der Waals surface area contributed by atoms with Crippen LogP contribution in [0.3, 0.4) is 0 Å². The number of nitrogens with zero attached hydrogens (tertiary/aromatic N) is 1. The third kappa shape index (κ3) is 3.29. The molecule has 1 saturated heterocycles. The largest absolute Gasteiger partial charge is 0.507 e. The molecule has 0 saturated carbocycles. The van der Waals surface area contributed by atoms with E-state index in [-0.39, 0.29) is 17.0 Å². The summed E-state index contributed by atoms with van der Waals surface area (Å²) in [6.07, 6.45) is -1.69. The number of aliphatic hydroxyl groups is 1. The van der Waals surface area contributed by atoms with Gasteiger partial charge in [-0.15, -0.1) is 0 Å². The first-order chi connectivity index (χ1) is 15.8. The van der Waals surface area contributed by atoms with Crippen molar-refractivity contribution in [1.29, 1.82) is 0 Å². The number of nitrogens with one attached hydrogen (secondary N) is 1. The smallest absolute Gasteiger partial charge is 0.416 e. The standard InChI is InChI=1S/C24H15F3N2O4/c25-24(26,27)13-7-9-14(10-8-13)29-20(18-6-3-11-33-18)19(22(31)23(29)32)21(30)16-12-28-17-5-2-1-4-15(16)17/h1-12,20,28,30H/b21-19-. The highest BCUT2D eigenvalue weighted by Crippen LogP contribution is 2.43. The number of Topliss-reactive ketones (excluding diaryl/α,β-unsaturated/α-hetero) is 1. The van der Waals surface area contributed by atoms with Gasteiger partial charge in [0.2, 0.25) is 0 Å². The zero-order valence-corrected chi connectivity index (χ0v) is 16.8. The molecule has 6 nitrogen and oxygen atoms in total. The van der Waals surface area contributed by atoms with Crippen LogP contribution in [0.25, 0.3) is 16.7 Å². The molecule has 0 spiro atoms. The first-order valence-corrected chi connectivity index (χ1v) is 9.85.